The van der Waals surface area contributed by atoms with Crippen LogP contribution >= 0.6 is 0 Å². The predicted molar refractivity (Wildman–Crippen MR) is 70.3 cm³/mol. The Kier molecular flexibility index (Phi) is 3.36. The van der Waals surface area contributed by atoms with Crippen LogP contribution in [-0.2, 0) is 4.79 Å². The van der Waals surface area contributed by atoms with Gasteiger partial charge in [-0.25, -0.2) is 9.69 Å². The molecule has 4 heteroatoms. The molecule has 0 radical (unpaired) electrons. The lowest BCUT2D eigenvalue weighted by atomic mass is 10.1. The van der Waals surface area contributed by atoms with Crippen LogP contribution in [0.2, 0.25) is 0 Å². The first-order chi connectivity index (χ1) is 8.52. The van der Waals surface area contributed by atoms with Gasteiger partial charge in [0.05, 0.1) is 11.6 Å². The Labute approximate surface area is 107 Å². The number of hydrogen-bond acceptors (Lipinski definition) is 2. The minimum absolute atomic E-state index is 0.0965. The maximum Gasteiger partial charge on any atom is 0.331 e. The number of urea groups is 1. The Morgan fingerprint density at radius 3 is 2.33 bits per heavy atom. The molecule has 1 fully saturated rings. The number of anilines is 1. The molecule has 2 rings (SSSR count). The Morgan fingerprint density at radius 1 is 1.17 bits per heavy atom. The molecule has 1 aromatic rings. The summed E-state index contributed by atoms with van der Waals surface area (Å²) >= 11 is 0. The first-order valence-corrected chi connectivity index (χ1v) is 6.22. The Hall–Kier alpha value is -1.84. The number of rotatable bonds is 2. The van der Waals surface area contributed by atoms with Gasteiger partial charge in [0.2, 0.25) is 5.91 Å². The largest absolute Gasteiger partial charge is 0.331 e. The fraction of sp³-hybridized carbons (Fsp3) is 0.429. The summed E-state index contributed by atoms with van der Waals surface area (Å²) < 4.78 is 0. The van der Waals surface area contributed by atoms with Crippen molar-refractivity contribution in [2.45, 2.75) is 26.8 Å². The van der Waals surface area contributed by atoms with E-state index in [2.05, 4.69) is 0 Å². The zero-order valence-electron chi connectivity index (χ0n) is 11.0. The summed E-state index contributed by atoms with van der Waals surface area (Å²) in [5, 5.41) is 0. The van der Waals surface area contributed by atoms with Gasteiger partial charge in [0.1, 0.15) is 0 Å². The van der Waals surface area contributed by atoms with Crippen molar-refractivity contribution >= 4 is 17.6 Å². The summed E-state index contributed by atoms with van der Waals surface area (Å²) in [5.74, 6) is -0.284. The van der Waals surface area contributed by atoms with E-state index in [4.69, 9.17) is 0 Å². The smallest absolute Gasteiger partial charge is 0.321 e. The van der Waals surface area contributed by atoms with Crippen molar-refractivity contribution in [3.8, 4) is 0 Å². The minimum atomic E-state index is -0.223. The number of para-hydroxylation sites is 1. The third kappa shape index (κ3) is 2.10. The highest BCUT2D eigenvalue weighted by atomic mass is 16.2. The van der Waals surface area contributed by atoms with Crippen molar-refractivity contribution in [1.29, 1.82) is 0 Å². The summed E-state index contributed by atoms with van der Waals surface area (Å²) in [6, 6.07) is 8.97. The van der Waals surface area contributed by atoms with E-state index in [9.17, 15) is 9.59 Å². The van der Waals surface area contributed by atoms with E-state index in [0.717, 1.165) is 0 Å². The van der Waals surface area contributed by atoms with Gasteiger partial charge in [0.25, 0.3) is 0 Å². The highest BCUT2D eigenvalue weighted by Gasteiger charge is 2.38. The number of carbonyl (C=O) groups is 2. The second-order valence-electron chi connectivity index (χ2n) is 4.94. The summed E-state index contributed by atoms with van der Waals surface area (Å²) in [4.78, 5) is 27.6. The van der Waals surface area contributed by atoms with E-state index in [0.29, 0.717) is 12.2 Å². The zero-order chi connectivity index (χ0) is 13.3. The molecule has 0 aromatic heterocycles. The summed E-state index contributed by atoms with van der Waals surface area (Å²) in [6.45, 7) is 6.28. The summed E-state index contributed by atoms with van der Waals surface area (Å²) in [6.07, 6.45) is 0. The van der Waals surface area contributed by atoms with Crippen LogP contribution in [0.5, 0.6) is 0 Å². The average molecular weight is 246 g/mol. The van der Waals surface area contributed by atoms with Gasteiger partial charge in [-0.15, -0.1) is 0 Å². The molecule has 1 unspecified atom stereocenters. The molecule has 96 valence electrons. The lowest BCUT2D eigenvalue weighted by molar-refractivity contribution is -0.123. The van der Waals surface area contributed by atoms with Gasteiger partial charge in [0.15, 0.2) is 0 Å². The normalized spacial score (nSPS) is 20.8. The molecule has 4 nitrogen and oxygen atoms in total. The van der Waals surface area contributed by atoms with Crippen molar-refractivity contribution in [2.24, 2.45) is 5.92 Å². The van der Waals surface area contributed by atoms with Crippen LogP contribution in [0, 0.1) is 5.92 Å². The van der Waals surface area contributed by atoms with Crippen molar-refractivity contribution < 1.29 is 9.59 Å². The Balaban J connectivity index is 2.37. The van der Waals surface area contributed by atoms with Crippen LogP contribution in [0.3, 0.4) is 0 Å². The highest BCUT2D eigenvalue weighted by Crippen LogP contribution is 2.24. The summed E-state index contributed by atoms with van der Waals surface area (Å²) in [5.41, 5.74) is 0.643. The standard InChI is InChI=1S/C14H18N2O2/c1-10(2)15-9-11(3)13(17)16(14(15)18)12-7-5-4-6-8-12/h4-8,10-11H,9H2,1-3H3. The summed E-state index contributed by atoms with van der Waals surface area (Å²) in [7, 11) is 0. The van der Waals surface area contributed by atoms with Crippen LogP contribution < -0.4 is 4.90 Å². The molecule has 0 N–H and O–H groups in total. The first kappa shape index (κ1) is 12.6. The Morgan fingerprint density at radius 2 is 1.78 bits per heavy atom. The fourth-order valence-electron chi connectivity index (χ4n) is 2.14. The van der Waals surface area contributed by atoms with Crippen LogP contribution in [0.25, 0.3) is 0 Å². The molecule has 18 heavy (non-hydrogen) atoms. The van der Waals surface area contributed by atoms with E-state index >= 15 is 0 Å². The van der Waals surface area contributed by atoms with Gasteiger partial charge in [0, 0.05) is 12.6 Å². The van der Waals surface area contributed by atoms with Crippen LogP contribution in [0.1, 0.15) is 20.8 Å². The molecule has 1 atom stereocenters. The third-order valence-electron chi connectivity index (χ3n) is 3.19. The molecule has 1 aliphatic heterocycles. The predicted octanol–water partition coefficient (Wildman–Crippen LogP) is 2.50. The van der Waals surface area contributed by atoms with Crippen molar-refractivity contribution in [1.82, 2.24) is 4.90 Å². The molecule has 1 aromatic carbocycles. The zero-order valence-corrected chi connectivity index (χ0v) is 11.0. The van der Waals surface area contributed by atoms with E-state index in [1.54, 1.807) is 17.0 Å². The SMILES string of the molecule is CC1CN(C(C)C)C(=O)N(c2ccccc2)C1=O. The lowest BCUT2D eigenvalue weighted by Crippen LogP contribution is -2.58. The molecule has 0 spiro atoms. The fourth-order valence-corrected chi connectivity index (χ4v) is 2.14. The molecule has 1 heterocycles. The van der Waals surface area contributed by atoms with Crippen LogP contribution in [0.15, 0.2) is 30.3 Å². The molecular formula is C14H18N2O2. The molecular weight excluding hydrogens is 228 g/mol. The quantitative estimate of drug-likeness (QED) is 0.804. The number of hydrogen-bond donors (Lipinski definition) is 0. The van der Waals surface area contributed by atoms with Crippen molar-refractivity contribution in [2.75, 3.05) is 11.4 Å². The lowest BCUT2D eigenvalue weighted by Gasteiger charge is -2.39. The van der Waals surface area contributed by atoms with Gasteiger partial charge in [-0.2, -0.15) is 0 Å². The van der Waals surface area contributed by atoms with E-state index in [1.807, 2.05) is 39.0 Å². The van der Waals surface area contributed by atoms with Crippen molar-refractivity contribution in [3.63, 3.8) is 0 Å². The number of amides is 3. The topological polar surface area (TPSA) is 40.6 Å². The number of carbonyl (C=O) groups excluding carboxylic acids is 2. The van der Waals surface area contributed by atoms with Crippen LogP contribution in [-0.4, -0.2) is 29.4 Å². The monoisotopic (exact) mass is 246 g/mol. The average Bonchev–Trinajstić information content (AvgIpc) is 2.35. The van der Waals surface area contributed by atoms with Gasteiger partial charge in [-0.05, 0) is 26.0 Å². The maximum atomic E-state index is 12.4. The second kappa shape index (κ2) is 4.80. The molecule has 0 bridgehead atoms. The minimum Gasteiger partial charge on any atom is -0.321 e. The third-order valence-corrected chi connectivity index (χ3v) is 3.19. The second-order valence-corrected chi connectivity index (χ2v) is 4.94. The van der Waals surface area contributed by atoms with Crippen LogP contribution in [0.4, 0.5) is 10.5 Å². The molecule has 1 saturated heterocycles. The molecule has 1 aliphatic rings. The number of benzene rings is 1. The highest BCUT2D eigenvalue weighted by molar-refractivity contribution is 6.16. The van der Waals surface area contributed by atoms with Gasteiger partial charge >= 0.3 is 6.03 Å². The number of nitrogens with zero attached hydrogens (tertiary/aromatic N) is 2. The van der Waals surface area contributed by atoms with E-state index in [1.165, 1.54) is 4.90 Å². The molecule has 0 saturated carbocycles. The molecule has 3 amide bonds. The first-order valence-electron chi connectivity index (χ1n) is 6.22. The molecule has 0 aliphatic carbocycles. The van der Waals surface area contributed by atoms with Gasteiger partial charge in [-0.3, -0.25) is 4.79 Å². The van der Waals surface area contributed by atoms with E-state index in [-0.39, 0.29) is 23.9 Å². The Bertz CT molecular complexity index is 456. The number of imide groups is 1. The van der Waals surface area contributed by atoms with Gasteiger partial charge < -0.3 is 4.90 Å². The van der Waals surface area contributed by atoms with E-state index < -0.39 is 0 Å². The van der Waals surface area contributed by atoms with Gasteiger partial charge in [-0.1, -0.05) is 25.1 Å². The van der Waals surface area contributed by atoms with Crippen molar-refractivity contribution in [3.05, 3.63) is 30.3 Å². The maximum absolute atomic E-state index is 12.4.